The van der Waals surface area contributed by atoms with Crippen molar-refractivity contribution in [2.75, 3.05) is 26.0 Å². The Labute approximate surface area is 187 Å². The molecule has 168 valence electrons. The van der Waals surface area contributed by atoms with E-state index in [1.54, 1.807) is 12.1 Å². The zero-order valence-electron chi connectivity index (χ0n) is 18.3. The van der Waals surface area contributed by atoms with Crippen LogP contribution in [0.25, 0.3) is 10.9 Å². The SMILES string of the molecule is COC(=O)C1(CS(=O)(=O)c2ccc(OCc3cc(C)nc4c(C)cccc34)cc2)CNC1. The number of fused-ring (bicyclic) bond motifs is 1. The van der Waals surface area contributed by atoms with Gasteiger partial charge in [0.25, 0.3) is 0 Å². The second-order valence-corrected chi connectivity index (χ2v) is 10.3. The molecule has 0 spiro atoms. The number of nitrogens with one attached hydrogen (secondary N) is 1. The fourth-order valence-corrected chi connectivity index (χ4v) is 5.79. The van der Waals surface area contributed by atoms with Crippen LogP contribution in [0.1, 0.15) is 16.8 Å². The lowest BCUT2D eigenvalue weighted by atomic mass is 9.84. The molecular weight excluding hydrogens is 428 g/mol. The van der Waals surface area contributed by atoms with Crippen molar-refractivity contribution in [3.63, 3.8) is 0 Å². The van der Waals surface area contributed by atoms with Crippen LogP contribution in [0.5, 0.6) is 5.75 Å². The third-order valence-corrected chi connectivity index (χ3v) is 7.77. The average Bonchev–Trinajstić information content (AvgIpc) is 2.75. The Hall–Kier alpha value is -2.97. The van der Waals surface area contributed by atoms with Crippen LogP contribution in [0.2, 0.25) is 0 Å². The molecule has 32 heavy (non-hydrogen) atoms. The highest BCUT2D eigenvalue weighted by Crippen LogP contribution is 2.30. The van der Waals surface area contributed by atoms with Gasteiger partial charge in [0, 0.05) is 29.7 Å². The summed E-state index contributed by atoms with van der Waals surface area (Å²) in [5, 5.41) is 4.00. The van der Waals surface area contributed by atoms with Crippen molar-refractivity contribution in [2.45, 2.75) is 25.3 Å². The molecule has 2 aromatic carbocycles. The molecule has 1 aromatic heterocycles. The first-order chi connectivity index (χ1) is 15.2. The summed E-state index contributed by atoms with van der Waals surface area (Å²) in [5.41, 5.74) is 2.97. The number of esters is 1. The van der Waals surface area contributed by atoms with Gasteiger partial charge in [0.05, 0.1) is 23.3 Å². The van der Waals surface area contributed by atoms with Gasteiger partial charge in [0.2, 0.25) is 0 Å². The number of carbonyl (C=O) groups excluding carboxylic acids is 1. The number of hydrogen-bond acceptors (Lipinski definition) is 7. The van der Waals surface area contributed by atoms with Gasteiger partial charge in [-0.1, -0.05) is 18.2 Å². The van der Waals surface area contributed by atoms with Crippen LogP contribution in [-0.2, 0) is 26.0 Å². The van der Waals surface area contributed by atoms with Crippen molar-refractivity contribution in [1.82, 2.24) is 10.3 Å². The van der Waals surface area contributed by atoms with Crippen molar-refractivity contribution in [3.05, 3.63) is 65.4 Å². The summed E-state index contributed by atoms with van der Waals surface area (Å²) in [6, 6.07) is 14.4. The molecule has 1 N–H and O–H groups in total. The molecule has 7 nitrogen and oxygen atoms in total. The van der Waals surface area contributed by atoms with Crippen molar-refractivity contribution >= 4 is 26.7 Å². The van der Waals surface area contributed by atoms with Gasteiger partial charge in [-0.05, 0) is 49.7 Å². The Morgan fingerprint density at radius 2 is 1.84 bits per heavy atom. The molecule has 0 saturated carbocycles. The van der Waals surface area contributed by atoms with E-state index in [-0.39, 0.29) is 10.6 Å². The minimum atomic E-state index is -3.66. The second kappa shape index (κ2) is 8.52. The van der Waals surface area contributed by atoms with Crippen LogP contribution in [-0.4, -0.2) is 45.3 Å². The number of hydrogen-bond donors (Lipinski definition) is 1. The number of pyridine rings is 1. The number of aryl methyl sites for hydroxylation is 2. The molecule has 1 saturated heterocycles. The van der Waals surface area contributed by atoms with E-state index < -0.39 is 21.2 Å². The number of nitrogens with zero attached hydrogens (tertiary/aromatic N) is 1. The Morgan fingerprint density at radius 1 is 1.12 bits per heavy atom. The van der Waals surface area contributed by atoms with Gasteiger partial charge >= 0.3 is 5.97 Å². The predicted molar refractivity (Wildman–Crippen MR) is 121 cm³/mol. The van der Waals surface area contributed by atoms with E-state index >= 15 is 0 Å². The van der Waals surface area contributed by atoms with Crippen LogP contribution < -0.4 is 10.1 Å². The maximum absolute atomic E-state index is 12.9. The van der Waals surface area contributed by atoms with Crippen LogP contribution in [0.15, 0.2) is 53.4 Å². The van der Waals surface area contributed by atoms with Crippen molar-refractivity contribution in [2.24, 2.45) is 5.41 Å². The lowest BCUT2D eigenvalue weighted by Crippen LogP contribution is -2.61. The Bertz CT molecular complexity index is 1270. The maximum Gasteiger partial charge on any atom is 0.315 e. The number of sulfone groups is 1. The topological polar surface area (TPSA) is 94.6 Å². The third-order valence-electron chi connectivity index (χ3n) is 5.84. The smallest absolute Gasteiger partial charge is 0.315 e. The molecule has 1 aliphatic rings. The monoisotopic (exact) mass is 454 g/mol. The molecule has 2 heterocycles. The Kier molecular flexibility index (Phi) is 5.92. The van der Waals surface area contributed by atoms with E-state index in [1.807, 2.05) is 38.1 Å². The van der Waals surface area contributed by atoms with Crippen molar-refractivity contribution in [1.29, 1.82) is 0 Å². The molecule has 0 unspecified atom stereocenters. The third kappa shape index (κ3) is 4.20. The van der Waals surface area contributed by atoms with E-state index in [1.165, 1.54) is 19.2 Å². The molecule has 1 fully saturated rings. The highest BCUT2D eigenvalue weighted by molar-refractivity contribution is 7.91. The molecule has 0 radical (unpaired) electrons. The van der Waals surface area contributed by atoms with Crippen molar-refractivity contribution in [3.8, 4) is 5.75 Å². The quantitative estimate of drug-likeness (QED) is 0.549. The molecular formula is C24H26N2O5S. The van der Waals surface area contributed by atoms with E-state index in [2.05, 4.69) is 10.3 Å². The highest BCUT2D eigenvalue weighted by atomic mass is 32.2. The first-order valence-corrected chi connectivity index (χ1v) is 12.0. The molecule has 0 bridgehead atoms. The van der Waals surface area contributed by atoms with Gasteiger partial charge in [-0.2, -0.15) is 0 Å². The minimum Gasteiger partial charge on any atom is -0.489 e. The fraction of sp³-hybridized carbons (Fsp3) is 0.333. The van der Waals surface area contributed by atoms with E-state index in [9.17, 15) is 13.2 Å². The van der Waals surface area contributed by atoms with Gasteiger partial charge in [0.1, 0.15) is 17.8 Å². The Balaban J connectivity index is 1.50. The largest absolute Gasteiger partial charge is 0.489 e. The van der Waals surface area contributed by atoms with Crippen LogP contribution in [0, 0.1) is 19.3 Å². The Morgan fingerprint density at radius 3 is 2.47 bits per heavy atom. The average molecular weight is 455 g/mol. The molecule has 8 heteroatoms. The lowest BCUT2D eigenvalue weighted by molar-refractivity contribution is -0.154. The number of para-hydroxylation sites is 1. The first-order valence-electron chi connectivity index (χ1n) is 10.3. The molecule has 0 atom stereocenters. The summed E-state index contributed by atoms with van der Waals surface area (Å²) in [4.78, 5) is 16.9. The minimum absolute atomic E-state index is 0.154. The van der Waals surface area contributed by atoms with Gasteiger partial charge in [0.15, 0.2) is 9.84 Å². The van der Waals surface area contributed by atoms with Crippen LogP contribution in [0.4, 0.5) is 0 Å². The van der Waals surface area contributed by atoms with Gasteiger partial charge in [-0.15, -0.1) is 0 Å². The number of ether oxygens (including phenoxy) is 2. The zero-order chi connectivity index (χ0) is 22.9. The summed E-state index contributed by atoms with van der Waals surface area (Å²) in [5.74, 6) is -0.233. The first kappa shape index (κ1) is 22.2. The molecule has 0 aliphatic carbocycles. The van der Waals surface area contributed by atoms with Crippen LogP contribution >= 0.6 is 0 Å². The van der Waals surface area contributed by atoms with E-state index in [0.717, 1.165) is 27.7 Å². The molecule has 0 amide bonds. The lowest BCUT2D eigenvalue weighted by Gasteiger charge is -2.39. The summed E-state index contributed by atoms with van der Waals surface area (Å²) in [6.45, 7) is 4.90. The summed E-state index contributed by atoms with van der Waals surface area (Å²) < 4.78 is 36.5. The number of aromatic nitrogens is 1. The van der Waals surface area contributed by atoms with Gasteiger partial charge in [-0.25, -0.2) is 8.42 Å². The standard InChI is InChI=1S/C24H26N2O5S/c1-16-5-4-6-21-18(11-17(2)26-22(16)21)12-31-19-7-9-20(10-8-19)32(28,29)15-24(13-25-14-24)23(27)30-3/h4-11,25H,12-15H2,1-3H3. The van der Waals surface area contributed by atoms with E-state index in [0.29, 0.717) is 25.4 Å². The van der Waals surface area contributed by atoms with Crippen LogP contribution in [0.3, 0.4) is 0 Å². The summed E-state index contributed by atoms with van der Waals surface area (Å²) in [6.07, 6.45) is 0. The highest BCUT2D eigenvalue weighted by Gasteiger charge is 2.49. The number of methoxy groups -OCH3 is 1. The number of rotatable bonds is 7. The molecule has 1 aliphatic heterocycles. The molecule has 4 rings (SSSR count). The second-order valence-electron chi connectivity index (χ2n) is 8.29. The summed E-state index contributed by atoms with van der Waals surface area (Å²) >= 11 is 0. The van der Waals surface area contributed by atoms with Gasteiger partial charge in [-0.3, -0.25) is 9.78 Å². The zero-order valence-corrected chi connectivity index (χ0v) is 19.2. The number of benzene rings is 2. The fourth-order valence-electron chi connectivity index (χ4n) is 4.02. The predicted octanol–water partition coefficient (Wildman–Crippen LogP) is 2.97. The normalized spacial score (nSPS) is 15.2. The van der Waals surface area contributed by atoms with Gasteiger partial charge < -0.3 is 14.8 Å². The number of carbonyl (C=O) groups is 1. The summed E-state index contributed by atoms with van der Waals surface area (Å²) in [7, 11) is -2.39. The maximum atomic E-state index is 12.9. The van der Waals surface area contributed by atoms with E-state index in [4.69, 9.17) is 9.47 Å². The van der Waals surface area contributed by atoms with Crippen molar-refractivity contribution < 1.29 is 22.7 Å². The molecule has 3 aromatic rings.